The van der Waals surface area contributed by atoms with Crippen LogP contribution in [0.25, 0.3) is 16.9 Å². The Hall–Kier alpha value is -2.14. The minimum atomic E-state index is 0.0569. The molecular weight excluding hydrogens is 306 g/mol. The van der Waals surface area contributed by atoms with Crippen LogP contribution in [0.1, 0.15) is 30.3 Å². The summed E-state index contributed by atoms with van der Waals surface area (Å²) in [7, 11) is 0. The van der Waals surface area contributed by atoms with Crippen molar-refractivity contribution in [2.45, 2.75) is 19.8 Å². The molecule has 23 heavy (non-hydrogen) atoms. The van der Waals surface area contributed by atoms with E-state index in [1.54, 1.807) is 11.3 Å². The molecule has 0 spiro atoms. The molecule has 1 fully saturated rings. The zero-order valence-electron chi connectivity index (χ0n) is 13.1. The fourth-order valence-corrected chi connectivity index (χ4v) is 3.98. The molecule has 0 radical (unpaired) electrons. The van der Waals surface area contributed by atoms with E-state index in [0.717, 1.165) is 36.4 Å². The maximum absolute atomic E-state index is 13.1. The Morgan fingerprint density at radius 1 is 1.35 bits per heavy atom. The number of imidazole rings is 1. The van der Waals surface area contributed by atoms with Crippen molar-refractivity contribution in [1.82, 2.24) is 14.3 Å². The van der Waals surface area contributed by atoms with Crippen LogP contribution in [0.3, 0.4) is 0 Å². The SMILES string of the molecule is CC1CCCN(C(=O)c2nc3ccccn3c2-c2ccsc2)C1. The third-order valence-electron chi connectivity index (χ3n) is 4.47. The van der Waals surface area contributed by atoms with Gasteiger partial charge in [0, 0.05) is 30.2 Å². The maximum atomic E-state index is 13.1. The molecule has 1 aliphatic rings. The van der Waals surface area contributed by atoms with E-state index in [9.17, 15) is 4.79 Å². The maximum Gasteiger partial charge on any atom is 0.274 e. The molecule has 118 valence electrons. The zero-order valence-corrected chi connectivity index (χ0v) is 13.9. The summed E-state index contributed by atoms with van der Waals surface area (Å²) in [5.41, 5.74) is 3.36. The fourth-order valence-electron chi connectivity index (χ4n) is 3.34. The predicted molar refractivity (Wildman–Crippen MR) is 92.8 cm³/mol. The molecule has 3 aromatic heterocycles. The number of nitrogens with zero attached hydrogens (tertiary/aromatic N) is 3. The Balaban J connectivity index is 1.83. The van der Waals surface area contributed by atoms with Gasteiger partial charge in [0.25, 0.3) is 5.91 Å². The Labute approximate surface area is 139 Å². The molecule has 1 unspecified atom stereocenters. The second kappa shape index (κ2) is 5.81. The van der Waals surface area contributed by atoms with E-state index in [2.05, 4.69) is 23.4 Å². The number of likely N-dealkylation sites (tertiary alicyclic amines) is 1. The third-order valence-corrected chi connectivity index (χ3v) is 5.15. The molecule has 0 aliphatic carbocycles. The summed E-state index contributed by atoms with van der Waals surface area (Å²) in [5.74, 6) is 0.621. The van der Waals surface area contributed by atoms with E-state index in [1.807, 2.05) is 39.1 Å². The number of piperidine rings is 1. The predicted octanol–water partition coefficient (Wildman–Crippen LogP) is 3.93. The van der Waals surface area contributed by atoms with Crippen LogP contribution in [-0.4, -0.2) is 33.3 Å². The molecule has 0 aromatic carbocycles. The number of hydrogen-bond acceptors (Lipinski definition) is 3. The Morgan fingerprint density at radius 2 is 2.26 bits per heavy atom. The summed E-state index contributed by atoms with van der Waals surface area (Å²) < 4.78 is 2.02. The second-order valence-electron chi connectivity index (χ2n) is 6.25. The largest absolute Gasteiger partial charge is 0.337 e. The zero-order chi connectivity index (χ0) is 15.8. The van der Waals surface area contributed by atoms with Crippen molar-refractivity contribution in [3.05, 3.63) is 46.9 Å². The van der Waals surface area contributed by atoms with Gasteiger partial charge in [0.15, 0.2) is 5.69 Å². The molecule has 1 aliphatic heterocycles. The van der Waals surface area contributed by atoms with Crippen LogP contribution in [0.4, 0.5) is 0 Å². The monoisotopic (exact) mass is 325 g/mol. The first kappa shape index (κ1) is 14.5. The quantitative estimate of drug-likeness (QED) is 0.716. The molecule has 4 heterocycles. The number of aromatic nitrogens is 2. The van der Waals surface area contributed by atoms with Gasteiger partial charge in [0.2, 0.25) is 0 Å². The van der Waals surface area contributed by atoms with Crippen LogP contribution < -0.4 is 0 Å². The van der Waals surface area contributed by atoms with E-state index >= 15 is 0 Å². The minimum Gasteiger partial charge on any atom is -0.337 e. The van der Waals surface area contributed by atoms with Crippen molar-refractivity contribution >= 4 is 22.9 Å². The van der Waals surface area contributed by atoms with Gasteiger partial charge in [-0.3, -0.25) is 9.20 Å². The summed E-state index contributed by atoms with van der Waals surface area (Å²) in [6.07, 6.45) is 4.26. The molecule has 5 heteroatoms. The molecular formula is C18H19N3OS. The lowest BCUT2D eigenvalue weighted by molar-refractivity contribution is 0.0678. The summed E-state index contributed by atoms with van der Waals surface area (Å²) in [6, 6.07) is 7.93. The summed E-state index contributed by atoms with van der Waals surface area (Å²) in [6.45, 7) is 3.87. The van der Waals surface area contributed by atoms with Gasteiger partial charge >= 0.3 is 0 Å². The van der Waals surface area contributed by atoms with E-state index < -0.39 is 0 Å². The van der Waals surface area contributed by atoms with Crippen molar-refractivity contribution in [2.24, 2.45) is 5.92 Å². The minimum absolute atomic E-state index is 0.0569. The number of carbonyl (C=O) groups is 1. The lowest BCUT2D eigenvalue weighted by Crippen LogP contribution is -2.39. The first-order valence-electron chi connectivity index (χ1n) is 8.03. The first-order valence-corrected chi connectivity index (χ1v) is 8.97. The Morgan fingerprint density at radius 3 is 3.04 bits per heavy atom. The molecule has 3 aromatic rings. The summed E-state index contributed by atoms with van der Waals surface area (Å²) >= 11 is 1.64. The average Bonchev–Trinajstić information content (AvgIpc) is 3.21. The normalized spacial score (nSPS) is 18.5. The molecule has 1 amide bonds. The summed E-state index contributed by atoms with van der Waals surface area (Å²) in [5, 5.41) is 4.11. The Kier molecular flexibility index (Phi) is 3.65. The lowest BCUT2D eigenvalue weighted by Gasteiger charge is -2.30. The van der Waals surface area contributed by atoms with E-state index in [4.69, 9.17) is 0 Å². The van der Waals surface area contributed by atoms with E-state index in [-0.39, 0.29) is 5.91 Å². The number of carbonyl (C=O) groups excluding carboxylic acids is 1. The molecule has 0 N–H and O–H groups in total. The van der Waals surface area contributed by atoms with Crippen molar-refractivity contribution in [2.75, 3.05) is 13.1 Å². The van der Waals surface area contributed by atoms with Gasteiger partial charge in [-0.1, -0.05) is 13.0 Å². The van der Waals surface area contributed by atoms with Gasteiger partial charge in [-0.2, -0.15) is 11.3 Å². The molecule has 4 nitrogen and oxygen atoms in total. The molecule has 1 saturated heterocycles. The third kappa shape index (κ3) is 2.55. The number of fused-ring (bicyclic) bond motifs is 1. The smallest absolute Gasteiger partial charge is 0.274 e. The number of pyridine rings is 1. The van der Waals surface area contributed by atoms with Gasteiger partial charge < -0.3 is 4.90 Å². The van der Waals surface area contributed by atoms with Crippen LogP contribution in [-0.2, 0) is 0 Å². The van der Waals surface area contributed by atoms with Crippen LogP contribution in [0.15, 0.2) is 41.2 Å². The van der Waals surface area contributed by atoms with Gasteiger partial charge in [0.05, 0.1) is 5.69 Å². The van der Waals surface area contributed by atoms with Crippen LogP contribution in [0.2, 0.25) is 0 Å². The van der Waals surface area contributed by atoms with Crippen molar-refractivity contribution in [3.8, 4) is 11.3 Å². The van der Waals surface area contributed by atoms with E-state index in [1.165, 1.54) is 6.42 Å². The van der Waals surface area contributed by atoms with Crippen LogP contribution in [0, 0.1) is 5.92 Å². The van der Waals surface area contributed by atoms with Crippen molar-refractivity contribution in [1.29, 1.82) is 0 Å². The highest BCUT2D eigenvalue weighted by Crippen LogP contribution is 2.29. The number of amides is 1. The number of rotatable bonds is 2. The average molecular weight is 325 g/mol. The van der Waals surface area contributed by atoms with Gasteiger partial charge in [-0.25, -0.2) is 4.98 Å². The summed E-state index contributed by atoms with van der Waals surface area (Å²) in [4.78, 5) is 19.7. The lowest BCUT2D eigenvalue weighted by atomic mass is 10.00. The topological polar surface area (TPSA) is 37.6 Å². The van der Waals surface area contributed by atoms with Crippen LogP contribution >= 0.6 is 11.3 Å². The first-order chi connectivity index (χ1) is 11.2. The molecule has 0 bridgehead atoms. The van der Waals surface area contributed by atoms with Crippen LogP contribution in [0.5, 0.6) is 0 Å². The van der Waals surface area contributed by atoms with Gasteiger partial charge in [-0.15, -0.1) is 0 Å². The van der Waals surface area contributed by atoms with Gasteiger partial charge in [-0.05, 0) is 42.3 Å². The Bertz CT molecular complexity index is 837. The fraction of sp³-hybridized carbons (Fsp3) is 0.333. The highest BCUT2D eigenvalue weighted by Gasteiger charge is 2.27. The van der Waals surface area contributed by atoms with Gasteiger partial charge in [0.1, 0.15) is 5.65 Å². The van der Waals surface area contributed by atoms with Crippen molar-refractivity contribution in [3.63, 3.8) is 0 Å². The number of hydrogen-bond donors (Lipinski definition) is 0. The molecule has 0 saturated carbocycles. The molecule has 1 atom stereocenters. The second-order valence-corrected chi connectivity index (χ2v) is 7.03. The van der Waals surface area contributed by atoms with Crippen molar-refractivity contribution < 1.29 is 4.79 Å². The number of thiophene rings is 1. The highest BCUT2D eigenvalue weighted by atomic mass is 32.1. The van der Waals surface area contributed by atoms with E-state index in [0.29, 0.717) is 11.6 Å². The highest BCUT2D eigenvalue weighted by molar-refractivity contribution is 7.08. The standard InChI is InChI=1S/C18H19N3OS/c1-13-5-4-8-20(11-13)18(22)16-17(14-7-10-23-12-14)21-9-3-2-6-15(21)19-16/h2-3,6-7,9-10,12-13H,4-5,8,11H2,1H3. The molecule has 4 rings (SSSR count).